The van der Waals surface area contributed by atoms with Crippen LogP contribution < -0.4 is 10.5 Å². The molecule has 1 atom stereocenters. The first-order chi connectivity index (χ1) is 9.55. The molecule has 5 heteroatoms. The van der Waals surface area contributed by atoms with Crippen LogP contribution in [0.15, 0.2) is 24.3 Å². The molecule has 1 aromatic carbocycles. The van der Waals surface area contributed by atoms with Gasteiger partial charge in [0, 0.05) is 11.4 Å². The molecule has 2 aromatic rings. The van der Waals surface area contributed by atoms with Gasteiger partial charge in [-0.25, -0.2) is 0 Å². The summed E-state index contributed by atoms with van der Waals surface area (Å²) in [6, 6.07) is 9.54. The third kappa shape index (κ3) is 3.13. The van der Waals surface area contributed by atoms with Gasteiger partial charge in [-0.2, -0.15) is 5.26 Å². The van der Waals surface area contributed by atoms with Crippen LogP contribution in [0.2, 0.25) is 4.34 Å². The van der Waals surface area contributed by atoms with E-state index in [2.05, 4.69) is 6.07 Å². The molecule has 0 radical (unpaired) electrons. The lowest BCUT2D eigenvalue weighted by Gasteiger charge is -2.19. The third-order valence-electron chi connectivity index (χ3n) is 2.97. The van der Waals surface area contributed by atoms with Crippen LogP contribution in [-0.4, -0.2) is 6.54 Å². The molecule has 0 fully saturated rings. The van der Waals surface area contributed by atoms with Gasteiger partial charge in [0.1, 0.15) is 11.9 Å². The summed E-state index contributed by atoms with van der Waals surface area (Å²) in [6.07, 6.45) is -0.224. The van der Waals surface area contributed by atoms with Crippen LogP contribution in [0.4, 0.5) is 0 Å². The SMILES string of the molecule is Cc1cc(C#N)cc(C)c1OC(CN)c1ccc(Cl)s1. The van der Waals surface area contributed by atoms with Gasteiger partial charge in [-0.15, -0.1) is 11.3 Å². The number of halogens is 1. The maximum Gasteiger partial charge on any atom is 0.145 e. The fraction of sp³-hybridized carbons (Fsp3) is 0.267. The number of aryl methyl sites for hydroxylation is 2. The molecule has 2 N–H and O–H groups in total. The average Bonchev–Trinajstić information content (AvgIpc) is 2.84. The Kier molecular flexibility index (Phi) is 4.66. The van der Waals surface area contributed by atoms with Gasteiger partial charge in [0.15, 0.2) is 0 Å². The second-order valence-electron chi connectivity index (χ2n) is 4.54. The molecule has 1 unspecified atom stereocenters. The van der Waals surface area contributed by atoms with Crippen LogP contribution in [0.1, 0.15) is 27.7 Å². The first-order valence-corrected chi connectivity index (χ1v) is 7.38. The van der Waals surface area contributed by atoms with E-state index < -0.39 is 0 Å². The van der Waals surface area contributed by atoms with Crippen LogP contribution in [0.25, 0.3) is 0 Å². The Morgan fingerprint density at radius 2 is 2.00 bits per heavy atom. The van der Waals surface area contributed by atoms with Crippen LogP contribution >= 0.6 is 22.9 Å². The molecule has 0 spiro atoms. The van der Waals surface area contributed by atoms with Gasteiger partial charge in [0.25, 0.3) is 0 Å². The number of hydrogen-bond donors (Lipinski definition) is 1. The van der Waals surface area contributed by atoms with Gasteiger partial charge in [-0.05, 0) is 49.2 Å². The molecule has 0 saturated carbocycles. The van der Waals surface area contributed by atoms with Gasteiger partial charge in [-0.1, -0.05) is 11.6 Å². The third-order valence-corrected chi connectivity index (χ3v) is 4.30. The lowest BCUT2D eigenvalue weighted by Crippen LogP contribution is -2.18. The van der Waals surface area contributed by atoms with Crippen molar-refractivity contribution in [2.45, 2.75) is 20.0 Å². The average molecular weight is 307 g/mol. The molecule has 0 amide bonds. The Morgan fingerprint density at radius 3 is 2.45 bits per heavy atom. The van der Waals surface area contributed by atoms with Crippen molar-refractivity contribution in [3.63, 3.8) is 0 Å². The maximum atomic E-state index is 8.96. The summed E-state index contributed by atoms with van der Waals surface area (Å²) >= 11 is 7.42. The van der Waals surface area contributed by atoms with E-state index >= 15 is 0 Å². The highest BCUT2D eigenvalue weighted by Gasteiger charge is 2.17. The molecule has 104 valence electrons. The van der Waals surface area contributed by atoms with Crippen LogP contribution in [-0.2, 0) is 0 Å². The number of ether oxygens (including phenoxy) is 1. The van der Waals surface area contributed by atoms with Crippen molar-refractivity contribution in [2.75, 3.05) is 6.54 Å². The van der Waals surface area contributed by atoms with Gasteiger partial charge in [0.05, 0.1) is 16.0 Å². The number of rotatable bonds is 4. The van der Waals surface area contributed by atoms with E-state index in [0.717, 1.165) is 26.1 Å². The number of hydrogen-bond acceptors (Lipinski definition) is 4. The summed E-state index contributed by atoms with van der Waals surface area (Å²) in [5.41, 5.74) is 8.31. The Labute approximate surface area is 127 Å². The lowest BCUT2D eigenvalue weighted by molar-refractivity contribution is 0.215. The van der Waals surface area contributed by atoms with Crippen molar-refractivity contribution in [3.8, 4) is 11.8 Å². The highest BCUT2D eigenvalue weighted by molar-refractivity contribution is 7.16. The van der Waals surface area contributed by atoms with E-state index in [-0.39, 0.29) is 6.10 Å². The van der Waals surface area contributed by atoms with Crippen molar-refractivity contribution in [1.29, 1.82) is 5.26 Å². The molecular formula is C15H15ClN2OS. The zero-order valence-electron chi connectivity index (χ0n) is 11.3. The van der Waals surface area contributed by atoms with Crippen molar-refractivity contribution in [2.24, 2.45) is 5.73 Å². The molecular weight excluding hydrogens is 292 g/mol. The van der Waals surface area contributed by atoms with E-state index in [1.54, 1.807) is 0 Å². The molecule has 0 bridgehead atoms. The minimum absolute atomic E-state index is 0.224. The van der Waals surface area contributed by atoms with Gasteiger partial charge >= 0.3 is 0 Å². The standard InChI is InChI=1S/C15H15ClN2OS/c1-9-5-11(7-17)6-10(2)15(9)19-12(8-18)13-3-4-14(16)20-13/h3-6,12H,8,18H2,1-2H3. The quantitative estimate of drug-likeness (QED) is 0.929. The van der Waals surface area contributed by atoms with E-state index in [4.69, 9.17) is 27.3 Å². The summed E-state index contributed by atoms with van der Waals surface area (Å²) in [5.74, 6) is 0.781. The zero-order chi connectivity index (χ0) is 14.7. The van der Waals surface area contributed by atoms with E-state index in [1.165, 1.54) is 11.3 Å². The first-order valence-electron chi connectivity index (χ1n) is 6.18. The van der Waals surface area contributed by atoms with Gasteiger partial charge < -0.3 is 10.5 Å². The lowest BCUT2D eigenvalue weighted by atomic mass is 10.1. The van der Waals surface area contributed by atoms with Gasteiger partial charge in [-0.3, -0.25) is 0 Å². The molecule has 1 heterocycles. The molecule has 0 aliphatic rings. The normalized spacial score (nSPS) is 11.9. The van der Waals surface area contributed by atoms with Crippen LogP contribution in [0.3, 0.4) is 0 Å². The predicted octanol–water partition coefficient (Wildman–Crippen LogP) is 3.97. The maximum absolute atomic E-state index is 8.96. The fourth-order valence-electron chi connectivity index (χ4n) is 2.07. The van der Waals surface area contributed by atoms with E-state index in [0.29, 0.717) is 12.1 Å². The molecule has 0 aliphatic carbocycles. The number of benzene rings is 1. The van der Waals surface area contributed by atoms with Gasteiger partial charge in [0.2, 0.25) is 0 Å². The summed E-state index contributed by atoms with van der Waals surface area (Å²) < 4.78 is 6.76. The highest BCUT2D eigenvalue weighted by Crippen LogP contribution is 2.33. The molecule has 1 aromatic heterocycles. The first kappa shape index (κ1) is 14.9. The van der Waals surface area contributed by atoms with Crippen LogP contribution in [0, 0.1) is 25.2 Å². The van der Waals surface area contributed by atoms with Crippen molar-refractivity contribution in [3.05, 3.63) is 50.2 Å². The summed E-state index contributed by atoms with van der Waals surface area (Å²) in [7, 11) is 0. The minimum atomic E-state index is -0.224. The summed E-state index contributed by atoms with van der Waals surface area (Å²) in [4.78, 5) is 1.00. The number of nitrogens with zero attached hydrogens (tertiary/aromatic N) is 1. The monoisotopic (exact) mass is 306 g/mol. The minimum Gasteiger partial charge on any atom is -0.483 e. The topological polar surface area (TPSA) is 59.0 Å². The Hall–Kier alpha value is -1.54. The number of nitriles is 1. The van der Waals surface area contributed by atoms with Crippen molar-refractivity contribution >= 4 is 22.9 Å². The Morgan fingerprint density at radius 1 is 1.35 bits per heavy atom. The molecule has 0 saturated heterocycles. The highest BCUT2D eigenvalue weighted by atomic mass is 35.5. The molecule has 3 nitrogen and oxygen atoms in total. The summed E-state index contributed by atoms with van der Waals surface area (Å²) in [5, 5.41) is 8.96. The fourth-order valence-corrected chi connectivity index (χ4v) is 3.17. The van der Waals surface area contributed by atoms with Crippen molar-refractivity contribution < 1.29 is 4.74 Å². The predicted molar refractivity (Wildman–Crippen MR) is 82.4 cm³/mol. The molecule has 2 rings (SSSR count). The Bertz CT molecular complexity index is 637. The number of thiophene rings is 1. The molecule has 0 aliphatic heterocycles. The summed E-state index contributed by atoms with van der Waals surface area (Å²) in [6.45, 7) is 4.23. The van der Waals surface area contributed by atoms with E-state index in [1.807, 2.05) is 38.1 Å². The Balaban J connectivity index is 2.31. The number of nitrogens with two attached hydrogens (primary N) is 1. The van der Waals surface area contributed by atoms with Crippen LogP contribution in [0.5, 0.6) is 5.75 Å². The smallest absolute Gasteiger partial charge is 0.145 e. The molecule has 20 heavy (non-hydrogen) atoms. The van der Waals surface area contributed by atoms with Crippen molar-refractivity contribution in [1.82, 2.24) is 0 Å². The second kappa shape index (κ2) is 6.27. The largest absolute Gasteiger partial charge is 0.483 e. The second-order valence-corrected chi connectivity index (χ2v) is 6.28. The zero-order valence-corrected chi connectivity index (χ0v) is 12.9. The van der Waals surface area contributed by atoms with E-state index in [9.17, 15) is 0 Å².